The molecule has 8 heteroatoms. The largest absolute Gasteiger partial charge is 0.487 e. The zero-order chi connectivity index (χ0) is 23.8. The molecule has 0 aliphatic rings. The molecule has 3 aromatic rings. The van der Waals surface area contributed by atoms with Crippen LogP contribution in [-0.2, 0) is 17.8 Å². The second-order valence-corrected chi connectivity index (χ2v) is 7.48. The quantitative estimate of drug-likeness (QED) is 0.193. The van der Waals surface area contributed by atoms with Gasteiger partial charge in [0.15, 0.2) is 0 Å². The molecule has 0 saturated carbocycles. The molecule has 0 radical (unpaired) electrons. The van der Waals surface area contributed by atoms with Crippen molar-refractivity contribution in [3.05, 3.63) is 104 Å². The van der Waals surface area contributed by atoms with Crippen LogP contribution in [0.3, 0.4) is 0 Å². The molecular formula is C25H20ClN3O4. The van der Waals surface area contributed by atoms with E-state index >= 15 is 0 Å². The molecule has 166 valence electrons. The van der Waals surface area contributed by atoms with Gasteiger partial charge in [-0.1, -0.05) is 36.7 Å². The molecule has 0 atom stereocenters. The predicted molar refractivity (Wildman–Crippen MR) is 127 cm³/mol. The Kier molecular flexibility index (Phi) is 7.79. The molecule has 1 N–H and O–H groups in total. The lowest BCUT2D eigenvalue weighted by atomic mass is 10.1. The van der Waals surface area contributed by atoms with Crippen LogP contribution in [0.15, 0.2) is 72.3 Å². The van der Waals surface area contributed by atoms with Crippen molar-refractivity contribution in [1.82, 2.24) is 0 Å². The number of aryl methyl sites for hydroxylation is 1. The van der Waals surface area contributed by atoms with E-state index in [1.165, 1.54) is 18.2 Å². The highest BCUT2D eigenvalue weighted by molar-refractivity contribution is 6.32. The highest BCUT2D eigenvalue weighted by atomic mass is 35.5. The number of nitriles is 1. The van der Waals surface area contributed by atoms with Crippen LogP contribution in [0.4, 0.5) is 11.4 Å². The molecule has 0 fully saturated rings. The Morgan fingerprint density at radius 2 is 1.79 bits per heavy atom. The monoisotopic (exact) mass is 461 g/mol. The number of anilines is 1. The zero-order valence-electron chi connectivity index (χ0n) is 17.7. The number of hydrogen-bond acceptors (Lipinski definition) is 5. The molecule has 0 aliphatic carbocycles. The maximum atomic E-state index is 12.5. The number of benzene rings is 3. The Bertz CT molecular complexity index is 1230. The lowest BCUT2D eigenvalue weighted by Gasteiger charge is -2.09. The molecule has 0 heterocycles. The molecule has 0 aromatic heterocycles. The van der Waals surface area contributed by atoms with Gasteiger partial charge in [0.1, 0.15) is 24.0 Å². The average Bonchev–Trinajstić information content (AvgIpc) is 2.82. The molecule has 3 rings (SSSR count). The van der Waals surface area contributed by atoms with Crippen LogP contribution in [0.1, 0.15) is 23.6 Å². The Morgan fingerprint density at radius 3 is 2.36 bits per heavy atom. The van der Waals surface area contributed by atoms with Gasteiger partial charge in [0, 0.05) is 17.8 Å². The molecule has 0 saturated heterocycles. The number of nitrogens with one attached hydrogen (secondary N) is 1. The third-order valence-corrected chi connectivity index (χ3v) is 5.09. The SMILES string of the molecule is CCc1ccc(NC(=O)/C(C#N)=C/c2ccc(OCc3ccc([N+](=O)[O-])cc3)c(Cl)c2)cc1. The maximum absolute atomic E-state index is 12.5. The number of amides is 1. The summed E-state index contributed by atoms with van der Waals surface area (Å²) in [5, 5.41) is 23.2. The van der Waals surface area contributed by atoms with E-state index in [4.69, 9.17) is 16.3 Å². The van der Waals surface area contributed by atoms with Crippen LogP contribution in [0, 0.1) is 21.4 Å². The summed E-state index contributed by atoms with van der Waals surface area (Å²) in [5.74, 6) is -0.109. The summed E-state index contributed by atoms with van der Waals surface area (Å²) < 4.78 is 5.69. The van der Waals surface area contributed by atoms with Crippen LogP contribution in [0.5, 0.6) is 5.75 Å². The number of ether oxygens (including phenoxy) is 1. The number of carbonyl (C=O) groups excluding carboxylic acids is 1. The van der Waals surface area contributed by atoms with E-state index in [1.807, 2.05) is 25.1 Å². The second kappa shape index (κ2) is 10.9. The maximum Gasteiger partial charge on any atom is 0.269 e. The lowest BCUT2D eigenvalue weighted by molar-refractivity contribution is -0.384. The van der Waals surface area contributed by atoms with Gasteiger partial charge in [-0.25, -0.2) is 0 Å². The summed E-state index contributed by atoms with van der Waals surface area (Å²) in [7, 11) is 0. The number of halogens is 1. The fourth-order valence-electron chi connectivity index (χ4n) is 2.94. The van der Waals surface area contributed by atoms with Crippen molar-refractivity contribution in [2.75, 3.05) is 5.32 Å². The topological polar surface area (TPSA) is 105 Å². The number of hydrogen-bond donors (Lipinski definition) is 1. The first kappa shape index (κ1) is 23.5. The summed E-state index contributed by atoms with van der Waals surface area (Å²) >= 11 is 6.30. The average molecular weight is 462 g/mol. The zero-order valence-corrected chi connectivity index (χ0v) is 18.5. The Hall–Kier alpha value is -4.15. The van der Waals surface area contributed by atoms with Gasteiger partial charge in [-0.3, -0.25) is 14.9 Å². The van der Waals surface area contributed by atoms with E-state index in [2.05, 4.69) is 5.32 Å². The number of rotatable bonds is 8. The smallest absolute Gasteiger partial charge is 0.269 e. The lowest BCUT2D eigenvalue weighted by Crippen LogP contribution is -2.13. The number of nitro groups is 1. The van der Waals surface area contributed by atoms with E-state index in [0.29, 0.717) is 22.0 Å². The van der Waals surface area contributed by atoms with Crippen LogP contribution in [-0.4, -0.2) is 10.8 Å². The molecule has 0 bridgehead atoms. The van der Waals surface area contributed by atoms with Gasteiger partial charge in [0.25, 0.3) is 11.6 Å². The van der Waals surface area contributed by atoms with Crippen molar-refractivity contribution < 1.29 is 14.5 Å². The van der Waals surface area contributed by atoms with Gasteiger partial charge >= 0.3 is 0 Å². The van der Waals surface area contributed by atoms with Gasteiger partial charge in [-0.2, -0.15) is 5.26 Å². The molecule has 0 aliphatic heterocycles. The molecule has 0 spiro atoms. The standard InChI is InChI=1S/C25H20ClN3O4/c1-2-17-3-8-21(9-4-17)28-25(30)20(15-27)13-19-7-12-24(23(26)14-19)33-16-18-5-10-22(11-6-18)29(31)32/h3-14H,2,16H2,1H3,(H,28,30)/b20-13+. The van der Waals surface area contributed by atoms with Crippen molar-refractivity contribution in [1.29, 1.82) is 5.26 Å². The van der Waals surface area contributed by atoms with E-state index < -0.39 is 10.8 Å². The molecule has 0 unspecified atom stereocenters. The van der Waals surface area contributed by atoms with E-state index in [1.54, 1.807) is 42.5 Å². The Labute approximate surface area is 196 Å². The number of non-ortho nitro benzene ring substituents is 1. The fourth-order valence-corrected chi connectivity index (χ4v) is 3.18. The number of carbonyl (C=O) groups is 1. The van der Waals surface area contributed by atoms with E-state index in [9.17, 15) is 20.2 Å². The first-order valence-corrected chi connectivity index (χ1v) is 10.4. The van der Waals surface area contributed by atoms with Crippen LogP contribution < -0.4 is 10.1 Å². The van der Waals surface area contributed by atoms with Crippen molar-refractivity contribution >= 4 is 35.0 Å². The third-order valence-electron chi connectivity index (χ3n) is 4.79. The van der Waals surface area contributed by atoms with E-state index in [0.717, 1.165) is 17.5 Å². The van der Waals surface area contributed by atoms with Gasteiger partial charge in [0.05, 0.1) is 9.95 Å². The molecular weight excluding hydrogens is 442 g/mol. The highest BCUT2D eigenvalue weighted by Gasteiger charge is 2.11. The molecule has 33 heavy (non-hydrogen) atoms. The summed E-state index contributed by atoms with van der Waals surface area (Å²) in [6.45, 7) is 2.22. The van der Waals surface area contributed by atoms with Crippen LogP contribution >= 0.6 is 11.6 Å². The Morgan fingerprint density at radius 1 is 1.12 bits per heavy atom. The summed E-state index contributed by atoms with van der Waals surface area (Å²) in [6, 6.07) is 20.3. The first-order valence-electron chi connectivity index (χ1n) is 10.1. The molecule has 1 amide bonds. The van der Waals surface area contributed by atoms with Gasteiger partial charge < -0.3 is 10.1 Å². The summed E-state index contributed by atoms with van der Waals surface area (Å²) in [4.78, 5) is 22.7. The Balaban J connectivity index is 1.67. The summed E-state index contributed by atoms with van der Waals surface area (Å²) in [5.41, 5.74) is 3.00. The van der Waals surface area contributed by atoms with Crippen LogP contribution in [0.2, 0.25) is 5.02 Å². The third kappa shape index (κ3) is 6.42. The highest BCUT2D eigenvalue weighted by Crippen LogP contribution is 2.27. The van der Waals surface area contributed by atoms with Gasteiger partial charge in [-0.15, -0.1) is 0 Å². The van der Waals surface area contributed by atoms with Gasteiger partial charge in [0.2, 0.25) is 0 Å². The number of nitro benzene ring substituents is 1. The van der Waals surface area contributed by atoms with Crippen LogP contribution in [0.25, 0.3) is 6.08 Å². The van der Waals surface area contributed by atoms with Crippen molar-refractivity contribution in [2.24, 2.45) is 0 Å². The van der Waals surface area contributed by atoms with Crippen molar-refractivity contribution in [3.63, 3.8) is 0 Å². The van der Waals surface area contributed by atoms with Gasteiger partial charge in [-0.05, 0) is 65.6 Å². The minimum Gasteiger partial charge on any atom is -0.487 e. The molecule has 3 aromatic carbocycles. The van der Waals surface area contributed by atoms with Crippen molar-refractivity contribution in [3.8, 4) is 11.8 Å². The number of nitrogens with zero attached hydrogens (tertiary/aromatic N) is 2. The first-order chi connectivity index (χ1) is 15.9. The second-order valence-electron chi connectivity index (χ2n) is 7.08. The molecule has 7 nitrogen and oxygen atoms in total. The normalized spacial score (nSPS) is 10.9. The van der Waals surface area contributed by atoms with E-state index in [-0.39, 0.29) is 17.9 Å². The minimum absolute atomic E-state index is 0.00299. The predicted octanol–water partition coefficient (Wildman–Crippen LogP) is 5.94. The minimum atomic E-state index is -0.517. The summed E-state index contributed by atoms with van der Waals surface area (Å²) in [6.07, 6.45) is 2.34. The van der Waals surface area contributed by atoms with Crippen molar-refractivity contribution in [2.45, 2.75) is 20.0 Å². The fraction of sp³-hybridized carbons (Fsp3) is 0.120.